The van der Waals surface area contributed by atoms with Gasteiger partial charge in [0.15, 0.2) is 0 Å². The Morgan fingerprint density at radius 2 is 1.83 bits per heavy atom. The van der Waals surface area contributed by atoms with Gasteiger partial charge in [0.05, 0.1) is 5.69 Å². The summed E-state index contributed by atoms with van der Waals surface area (Å²) in [7, 11) is 3.21. The zero-order chi connectivity index (χ0) is 17.7. The van der Waals surface area contributed by atoms with Gasteiger partial charge in [0.25, 0.3) is 5.91 Å². The van der Waals surface area contributed by atoms with E-state index in [4.69, 9.17) is 0 Å². The van der Waals surface area contributed by atoms with E-state index in [1.807, 2.05) is 31.2 Å². The molecule has 3 amide bonds. The monoisotopic (exact) mass is 329 g/mol. The van der Waals surface area contributed by atoms with Crippen LogP contribution >= 0.6 is 0 Å². The molecule has 6 heteroatoms. The lowest BCUT2D eigenvalue weighted by Crippen LogP contribution is -2.29. The molecule has 5 nitrogen and oxygen atoms in total. The average Bonchev–Trinajstić information content (AvgIpc) is 2.55. The first-order valence-corrected chi connectivity index (χ1v) is 7.49. The van der Waals surface area contributed by atoms with Crippen molar-refractivity contribution in [3.63, 3.8) is 0 Å². The maximum atomic E-state index is 13.9. The van der Waals surface area contributed by atoms with Crippen LogP contribution in [0.3, 0.4) is 0 Å². The van der Waals surface area contributed by atoms with Gasteiger partial charge in [-0.1, -0.05) is 24.3 Å². The molecule has 0 aliphatic heterocycles. The maximum Gasteiger partial charge on any atom is 0.319 e. The molecule has 2 rings (SSSR count). The van der Waals surface area contributed by atoms with E-state index in [0.29, 0.717) is 12.1 Å². The fourth-order valence-electron chi connectivity index (χ4n) is 2.16. The third-order valence-electron chi connectivity index (χ3n) is 3.57. The Hall–Kier alpha value is -2.89. The van der Waals surface area contributed by atoms with Crippen molar-refractivity contribution in [3.8, 4) is 0 Å². The predicted octanol–water partition coefficient (Wildman–Crippen LogP) is 3.16. The first-order valence-electron chi connectivity index (χ1n) is 7.49. The summed E-state index contributed by atoms with van der Waals surface area (Å²) in [5, 5.41) is 5.11. The Kier molecular flexibility index (Phi) is 5.52. The minimum Gasteiger partial charge on any atom is -0.345 e. The van der Waals surface area contributed by atoms with Gasteiger partial charge in [-0.25, -0.2) is 9.18 Å². The van der Waals surface area contributed by atoms with Crippen LogP contribution in [0.1, 0.15) is 21.5 Å². The number of halogens is 1. The van der Waals surface area contributed by atoms with Gasteiger partial charge >= 0.3 is 6.03 Å². The summed E-state index contributed by atoms with van der Waals surface area (Å²) in [5.74, 6) is -0.866. The number of aryl methyl sites for hydroxylation is 1. The van der Waals surface area contributed by atoms with Crippen LogP contribution in [0.25, 0.3) is 0 Å². The Bertz CT molecular complexity index is 760. The van der Waals surface area contributed by atoms with Crippen molar-refractivity contribution in [3.05, 3.63) is 65.0 Å². The Balaban J connectivity index is 2.04. The molecule has 2 aromatic carbocycles. The van der Waals surface area contributed by atoms with Gasteiger partial charge in [0.2, 0.25) is 0 Å². The number of anilines is 1. The molecule has 2 aromatic rings. The average molecular weight is 329 g/mol. The van der Waals surface area contributed by atoms with Gasteiger partial charge in [-0.15, -0.1) is 0 Å². The van der Waals surface area contributed by atoms with E-state index in [2.05, 4.69) is 10.6 Å². The van der Waals surface area contributed by atoms with Crippen molar-refractivity contribution in [1.29, 1.82) is 0 Å². The molecule has 24 heavy (non-hydrogen) atoms. The van der Waals surface area contributed by atoms with Crippen LogP contribution in [0.2, 0.25) is 0 Å². The smallest absolute Gasteiger partial charge is 0.319 e. The van der Waals surface area contributed by atoms with Crippen LogP contribution in [0.15, 0.2) is 42.5 Å². The van der Waals surface area contributed by atoms with Crippen LogP contribution in [0, 0.1) is 12.7 Å². The van der Waals surface area contributed by atoms with E-state index in [-0.39, 0.29) is 11.6 Å². The number of nitrogens with zero attached hydrogens (tertiary/aromatic N) is 1. The van der Waals surface area contributed by atoms with Crippen LogP contribution in [0.4, 0.5) is 14.9 Å². The summed E-state index contributed by atoms with van der Waals surface area (Å²) in [6, 6.07) is 11.0. The SMILES string of the molecule is Cc1ccccc1CNC(=O)Nc1cc(C(=O)N(C)C)ccc1F. The fourth-order valence-corrected chi connectivity index (χ4v) is 2.16. The molecular weight excluding hydrogens is 309 g/mol. The Morgan fingerprint density at radius 1 is 1.12 bits per heavy atom. The summed E-state index contributed by atoms with van der Waals surface area (Å²) < 4.78 is 13.9. The minimum atomic E-state index is -0.601. The minimum absolute atomic E-state index is 0.0371. The quantitative estimate of drug-likeness (QED) is 0.905. The summed E-state index contributed by atoms with van der Waals surface area (Å²) in [4.78, 5) is 25.3. The van der Waals surface area contributed by atoms with Gasteiger partial charge in [-0.3, -0.25) is 4.79 Å². The lowest BCUT2D eigenvalue weighted by Gasteiger charge is -2.13. The zero-order valence-electron chi connectivity index (χ0n) is 13.9. The van der Waals surface area contributed by atoms with Gasteiger partial charge in [0, 0.05) is 26.2 Å². The maximum absolute atomic E-state index is 13.9. The van der Waals surface area contributed by atoms with Crippen molar-refractivity contribution in [2.45, 2.75) is 13.5 Å². The number of hydrogen-bond acceptors (Lipinski definition) is 2. The largest absolute Gasteiger partial charge is 0.345 e. The van der Waals surface area contributed by atoms with Gasteiger partial charge in [-0.2, -0.15) is 0 Å². The first-order chi connectivity index (χ1) is 11.4. The third kappa shape index (κ3) is 4.32. The number of carbonyl (C=O) groups is 2. The second-order valence-corrected chi connectivity index (χ2v) is 5.63. The summed E-state index contributed by atoms with van der Waals surface area (Å²) in [6.45, 7) is 2.28. The number of hydrogen-bond donors (Lipinski definition) is 2. The van der Waals surface area contributed by atoms with E-state index in [1.165, 1.54) is 17.0 Å². The zero-order valence-corrected chi connectivity index (χ0v) is 13.9. The lowest BCUT2D eigenvalue weighted by atomic mass is 10.1. The van der Waals surface area contributed by atoms with Crippen molar-refractivity contribution in [2.75, 3.05) is 19.4 Å². The molecule has 0 aliphatic carbocycles. The number of rotatable bonds is 4. The molecule has 0 atom stereocenters. The molecule has 0 bridgehead atoms. The molecule has 0 heterocycles. The molecular formula is C18H20FN3O2. The summed E-state index contributed by atoms with van der Waals surface area (Å²) in [6.07, 6.45) is 0. The first kappa shape index (κ1) is 17.5. The third-order valence-corrected chi connectivity index (χ3v) is 3.57. The van der Waals surface area contributed by atoms with Crippen molar-refractivity contribution < 1.29 is 14.0 Å². The van der Waals surface area contributed by atoms with E-state index in [0.717, 1.165) is 17.2 Å². The lowest BCUT2D eigenvalue weighted by molar-refractivity contribution is 0.0827. The standard InChI is InChI=1S/C18H20FN3O2/c1-12-6-4-5-7-14(12)11-20-18(24)21-16-10-13(8-9-15(16)19)17(23)22(2)3/h4-10H,11H2,1-3H3,(H2,20,21,24). The molecule has 0 aromatic heterocycles. The molecule has 0 saturated heterocycles. The molecule has 0 fully saturated rings. The number of urea groups is 1. The van der Waals surface area contributed by atoms with Crippen molar-refractivity contribution in [1.82, 2.24) is 10.2 Å². The van der Waals surface area contributed by atoms with E-state index < -0.39 is 11.8 Å². The Labute approximate surface area is 140 Å². The van der Waals surface area contributed by atoms with Crippen molar-refractivity contribution >= 4 is 17.6 Å². The highest BCUT2D eigenvalue weighted by atomic mass is 19.1. The fraction of sp³-hybridized carbons (Fsp3) is 0.222. The number of amides is 3. The second kappa shape index (κ2) is 7.59. The van der Waals surface area contributed by atoms with Crippen LogP contribution < -0.4 is 10.6 Å². The van der Waals surface area contributed by atoms with Crippen molar-refractivity contribution in [2.24, 2.45) is 0 Å². The number of benzene rings is 2. The van der Waals surface area contributed by atoms with E-state index in [9.17, 15) is 14.0 Å². The molecule has 126 valence electrons. The van der Waals surface area contributed by atoms with Crippen LogP contribution in [0.5, 0.6) is 0 Å². The number of nitrogens with one attached hydrogen (secondary N) is 2. The molecule has 0 radical (unpaired) electrons. The van der Waals surface area contributed by atoms with Crippen LogP contribution in [-0.2, 0) is 6.54 Å². The molecule has 0 saturated carbocycles. The Morgan fingerprint density at radius 3 is 2.50 bits per heavy atom. The predicted molar refractivity (Wildman–Crippen MR) is 91.5 cm³/mol. The molecule has 2 N–H and O–H groups in total. The van der Waals surface area contributed by atoms with E-state index >= 15 is 0 Å². The highest BCUT2D eigenvalue weighted by Crippen LogP contribution is 2.17. The molecule has 0 unspecified atom stereocenters. The number of carbonyl (C=O) groups excluding carboxylic acids is 2. The van der Waals surface area contributed by atoms with Gasteiger partial charge in [0.1, 0.15) is 5.82 Å². The van der Waals surface area contributed by atoms with E-state index in [1.54, 1.807) is 14.1 Å². The van der Waals surface area contributed by atoms with Crippen LogP contribution in [-0.4, -0.2) is 30.9 Å². The summed E-state index contributed by atoms with van der Waals surface area (Å²) >= 11 is 0. The molecule has 0 aliphatic rings. The topological polar surface area (TPSA) is 61.4 Å². The second-order valence-electron chi connectivity index (χ2n) is 5.63. The highest BCUT2D eigenvalue weighted by molar-refractivity contribution is 5.96. The van der Waals surface area contributed by atoms with Gasteiger partial charge in [-0.05, 0) is 36.2 Å². The molecule has 0 spiro atoms. The highest BCUT2D eigenvalue weighted by Gasteiger charge is 2.13. The summed E-state index contributed by atoms with van der Waals surface area (Å²) in [5.41, 5.74) is 2.30. The van der Waals surface area contributed by atoms with Gasteiger partial charge < -0.3 is 15.5 Å². The normalized spacial score (nSPS) is 10.2.